The molecule has 0 fully saturated rings. The van der Waals surface area contributed by atoms with Crippen LogP contribution in [0.15, 0.2) is 27.2 Å². The topological polar surface area (TPSA) is 69.9 Å². The summed E-state index contributed by atoms with van der Waals surface area (Å²) in [6.07, 6.45) is 0. The van der Waals surface area contributed by atoms with Gasteiger partial charge in [0.25, 0.3) is 0 Å². The van der Waals surface area contributed by atoms with Crippen molar-refractivity contribution < 1.29 is 4.42 Å². The smallest absolute Gasteiger partial charge is 0.201 e. The van der Waals surface area contributed by atoms with Crippen molar-refractivity contribution in [3.05, 3.63) is 28.7 Å². The highest BCUT2D eigenvalue weighted by Gasteiger charge is 2.14. The van der Waals surface area contributed by atoms with Gasteiger partial charge in [0.05, 0.1) is 5.69 Å². The standard InChI is InChI=1S/C12H11BrN4O/c1-6-15-8-4-3-7(5-9(8)18-6)10-11(13)16-12(14)17(10)2/h3-5H,1-2H3,(H2,14,16). The largest absolute Gasteiger partial charge is 0.441 e. The summed E-state index contributed by atoms with van der Waals surface area (Å²) in [5.41, 5.74) is 9.30. The average molecular weight is 307 g/mol. The molecule has 5 nitrogen and oxygen atoms in total. The fourth-order valence-electron chi connectivity index (χ4n) is 1.98. The van der Waals surface area contributed by atoms with Crippen LogP contribution in [0.1, 0.15) is 5.89 Å². The normalized spacial score (nSPS) is 11.3. The Morgan fingerprint density at radius 2 is 2.11 bits per heavy atom. The van der Waals surface area contributed by atoms with Crippen LogP contribution in [0.25, 0.3) is 22.4 Å². The van der Waals surface area contributed by atoms with E-state index in [-0.39, 0.29) is 0 Å². The molecule has 2 N–H and O–H groups in total. The molecule has 3 rings (SSSR count). The van der Waals surface area contributed by atoms with Crippen molar-refractivity contribution in [2.24, 2.45) is 7.05 Å². The van der Waals surface area contributed by atoms with Gasteiger partial charge in [-0.15, -0.1) is 0 Å². The highest BCUT2D eigenvalue weighted by atomic mass is 79.9. The van der Waals surface area contributed by atoms with Crippen molar-refractivity contribution in [3.8, 4) is 11.3 Å². The van der Waals surface area contributed by atoms with Crippen molar-refractivity contribution in [3.63, 3.8) is 0 Å². The molecular formula is C12H11BrN4O. The minimum atomic E-state index is 0.464. The number of halogens is 1. The van der Waals surface area contributed by atoms with E-state index < -0.39 is 0 Å². The number of rotatable bonds is 1. The van der Waals surface area contributed by atoms with Gasteiger partial charge in [-0.2, -0.15) is 0 Å². The number of hydrogen-bond donors (Lipinski definition) is 1. The summed E-state index contributed by atoms with van der Waals surface area (Å²) in [4.78, 5) is 8.46. The maximum Gasteiger partial charge on any atom is 0.201 e. The lowest BCUT2D eigenvalue weighted by molar-refractivity contribution is 0.561. The Hall–Kier alpha value is -1.82. The third-order valence-electron chi connectivity index (χ3n) is 2.86. The lowest BCUT2D eigenvalue weighted by Gasteiger charge is -2.03. The number of nitrogens with two attached hydrogens (primary N) is 1. The third kappa shape index (κ3) is 1.60. The summed E-state index contributed by atoms with van der Waals surface area (Å²) in [7, 11) is 1.87. The highest BCUT2D eigenvalue weighted by Crippen LogP contribution is 2.31. The van der Waals surface area contributed by atoms with Crippen molar-refractivity contribution >= 4 is 33.0 Å². The Labute approximate surface area is 112 Å². The van der Waals surface area contributed by atoms with Crippen molar-refractivity contribution in [1.29, 1.82) is 0 Å². The minimum absolute atomic E-state index is 0.464. The van der Waals surface area contributed by atoms with Crippen LogP contribution < -0.4 is 5.73 Å². The molecule has 1 aromatic carbocycles. The molecule has 0 radical (unpaired) electrons. The first-order valence-corrected chi connectivity index (χ1v) is 6.21. The van der Waals surface area contributed by atoms with E-state index in [0.717, 1.165) is 27.0 Å². The number of benzene rings is 1. The fourth-order valence-corrected chi connectivity index (χ4v) is 2.66. The van der Waals surface area contributed by atoms with Gasteiger partial charge in [-0.3, -0.25) is 0 Å². The van der Waals surface area contributed by atoms with E-state index in [9.17, 15) is 0 Å². The number of fused-ring (bicyclic) bond motifs is 1. The van der Waals surface area contributed by atoms with Crippen molar-refractivity contribution in [2.75, 3.05) is 5.73 Å². The Kier molecular flexibility index (Phi) is 2.41. The Bertz CT molecular complexity index is 744. The predicted octanol–water partition coefficient (Wildman–Crippen LogP) is 2.88. The maximum atomic E-state index is 5.78. The van der Waals surface area contributed by atoms with Crippen LogP contribution in [0.4, 0.5) is 5.95 Å². The third-order valence-corrected chi connectivity index (χ3v) is 3.41. The van der Waals surface area contributed by atoms with Crippen molar-refractivity contribution in [2.45, 2.75) is 6.92 Å². The predicted molar refractivity (Wildman–Crippen MR) is 73.1 cm³/mol. The minimum Gasteiger partial charge on any atom is -0.441 e. The van der Waals surface area contributed by atoms with Gasteiger partial charge in [0.2, 0.25) is 5.95 Å². The van der Waals surface area contributed by atoms with E-state index in [1.807, 2.05) is 36.7 Å². The molecule has 2 heterocycles. The van der Waals surface area contributed by atoms with E-state index in [1.165, 1.54) is 0 Å². The number of nitrogens with zero attached hydrogens (tertiary/aromatic N) is 3. The van der Waals surface area contributed by atoms with E-state index >= 15 is 0 Å². The van der Waals surface area contributed by atoms with Gasteiger partial charge in [0.1, 0.15) is 10.1 Å². The molecular weight excluding hydrogens is 296 g/mol. The van der Waals surface area contributed by atoms with Gasteiger partial charge in [-0.05, 0) is 28.1 Å². The molecule has 0 atom stereocenters. The summed E-state index contributed by atoms with van der Waals surface area (Å²) in [5, 5.41) is 0. The second-order valence-corrected chi connectivity index (χ2v) is 4.83. The second-order valence-electron chi connectivity index (χ2n) is 4.08. The number of anilines is 1. The molecule has 0 aliphatic carbocycles. The molecule has 6 heteroatoms. The molecule has 0 aliphatic rings. The fraction of sp³-hybridized carbons (Fsp3) is 0.167. The summed E-state index contributed by atoms with van der Waals surface area (Å²) < 4.78 is 8.08. The molecule has 0 unspecified atom stereocenters. The summed E-state index contributed by atoms with van der Waals surface area (Å²) in [6.45, 7) is 1.83. The van der Waals surface area contributed by atoms with Gasteiger partial charge in [0, 0.05) is 19.5 Å². The van der Waals surface area contributed by atoms with Gasteiger partial charge in [-0.1, -0.05) is 6.07 Å². The first kappa shape index (κ1) is 11.3. The molecule has 0 saturated carbocycles. The quantitative estimate of drug-likeness (QED) is 0.750. The number of hydrogen-bond acceptors (Lipinski definition) is 4. The summed E-state index contributed by atoms with van der Waals surface area (Å²) in [6, 6.07) is 5.85. The lowest BCUT2D eigenvalue weighted by atomic mass is 10.1. The summed E-state index contributed by atoms with van der Waals surface area (Å²) in [5.74, 6) is 1.12. The molecule has 18 heavy (non-hydrogen) atoms. The molecule has 2 aromatic heterocycles. The molecule has 0 aliphatic heterocycles. The van der Waals surface area contributed by atoms with Gasteiger partial charge in [-0.25, -0.2) is 9.97 Å². The molecule has 0 bridgehead atoms. The van der Waals surface area contributed by atoms with E-state index in [0.29, 0.717) is 11.8 Å². The van der Waals surface area contributed by atoms with Gasteiger partial charge >= 0.3 is 0 Å². The number of aryl methyl sites for hydroxylation is 1. The molecule has 92 valence electrons. The Balaban J connectivity index is 2.24. The molecule has 3 aromatic rings. The van der Waals surface area contributed by atoms with Crippen LogP contribution in [-0.2, 0) is 7.05 Å². The van der Waals surface area contributed by atoms with Crippen LogP contribution in [-0.4, -0.2) is 14.5 Å². The van der Waals surface area contributed by atoms with E-state index in [1.54, 1.807) is 0 Å². The number of aromatic nitrogens is 3. The molecule has 0 spiro atoms. The average Bonchev–Trinajstić information content (AvgIpc) is 2.78. The van der Waals surface area contributed by atoms with E-state index in [4.69, 9.17) is 10.2 Å². The zero-order valence-corrected chi connectivity index (χ0v) is 11.5. The van der Waals surface area contributed by atoms with Gasteiger partial charge < -0.3 is 14.7 Å². The van der Waals surface area contributed by atoms with E-state index in [2.05, 4.69) is 25.9 Å². The van der Waals surface area contributed by atoms with Crippen LogP contribution in [0.3, 0.4) is 0 Å². The number of imidazole rings is 1. The SMILES string of the molecule is Cc1nc2ccc(-c3c(Br)nc(N)n3C)cc2o1. The van der Waals surface area contributed by atoms with Gasteiger partial charge in [0.15, 0.2) is 11.5 Å². The van der Waals surface area contributed by atoms with Crippen LogP contribution in [0.5, 0.6) is 0 Å². The number of nitrogen functional groups attached to an aromatic ring is 1. The highest BCUT2D eigenvalue weighted by molar-refractivity contribution is 9.10. The first-order chi connectivity index (χ1) is 8.56. The zero-order valence-electron chi connectivity index (χ0n) is 9.94. The Morgan fingerprint density at radius 3 is 2.78 bits per heavy atom. The molecule has 0 saturated heterocycles. The van der Waals surface area contributed by atoms with Crippen LogP contribution in [0.2, 0.25) is 0 Å². The first-order valence-electron chi connectivity index (χ1n) is 5.41. The monoisotopic (exact) mass is 306 g/mol. The van der Waals surface area contributed by atoms with Crippen LogP contribution in [0, 0.1) is 6.92 Å². The zero-order chi connectivity index (χ0) is 12.9. The Morgan fingerprint density at radius 1 is 1.33 bits per heavy atom. The summed E-state index contributed by atoms with van der Waals surface area (Å²) >= 11 is 3.42. The molecule has 0 amide bonds. The van der Waals surface area contributed by atoms with Crippen molar-refractivity contribution in [1.82, 2.24) is 14.5 Å². The number of oxazole rings is 1. The maximum absolute atomic E-state index is 5.78. The lowest BCUT2D eigenvalue weighted by Crippen LogP contribution is -1.98. The van der Waals surface area contributed by atoms with Crippen LogP contribution >= 0.6 is 15.9 Å². The second kappa shape index (κ2) is 3.84.